The van der Waals surface area contributed by atoms with Gasteiger partial charge in [-0.15, -0.1) is 0 Å². The molecule has 0 radical (unpaired) electrons. The fourth-order valence-corrected chi connectivity index (χ4v) is 5.76. The molecule has 1 N–H and O–H groups in total. The van der Waals surface area contributed by atoms with Crippen LogP contribution in [0.15, 0.2) is 22.7 Å². The number of carbonyl (C=O) groups is 1. The Balaban J connectivity index is 1.28. The minimum Gasteiger partial charge on any atom is -0.405 e. The molecule has 8 nitrogen and oxygen atoms in total. The number of urea groups is 1. The Hall–Kier alpha value is -1.10. The molecule has 0 aromatic heterocycles. The van der Waals surface area contributed by atoms with Gasteiger partial charge in [-0.3, -0.25) is 0 Å². The summed E-state index contributed by atoms with van der Waals surface area (Å²) in [6, 6.07) is 6.00. The molecule has 0 aliphatic carbocycles. The lowest BCUT2D eigenvalue weighted by Crippen LogP contribution is -2.60. The molecule has 1 aromatic carbocycles. The number of carbonyl (C=O) groups excluding carboxylic acids is 1. The van der Waals surface area contributed by atoms with Crippen molar-refractivity contribution in [1.29, 1.82) is 0 Å². The van der Waals surface area contributed by atoms with E-state index in [0.29, 0.717) is 19.6 Å². The van der Waals surface area contributed by atoms with Crippen LogP contribution in [-0.4, -0.2) is 72.7 Å². The summed E-state index contributed by atoms with van der Waals surface area (Å²) in [5.41, 5.74) is 0.0941. The summed E-state index contributed by atoms with van der Waals surface area (Å²) in [5.74, 6) is 0.00757. The molecule has 3 aliphatic heterocycles. The molecule has 3 atom stereocenters. The molecule has 210 valence electrons. The fraction of sp³-hybridized carbons (Fsp3) is 0.741. The van der Waals surface area contributed by atoms with Crippen molar-refractivity contribution in [3.63, 3.8) is 0 Å². The SMILES string of the molecule is Cc1cc(Br)ccc1CNC(=O)N1CC(OC(C)C(C)C2(C)OB(B3OC(C)(C)C(C)(C)O3)OC2(C)C)C1. The maximum Gasteiger partial charge on any atom is 0.489 e. The average Bonchev–Trinajstić information content (AvgIpc) is 3.16. The summed E-state index contributed by atoms with van der Waals surface area (Å²) in [6.45, 7) is 22.1. The van der Waals surface area contributed by atoms with E-state index in [2.05, 4.69) is 48.1 Å². The lowest BCUT2D eigenvalue weighted by atomic mass is 9.49. The second-order valence-electron chi connectivity index (χ2n) is 12.7. The topological polar surface area (TPSA) is 78.5 Å². The molecule has 4 rings (SSSR count). The highest BCUT2D eigenvalue weighted by molar-refractivity contribution is 9.10. The number of amides is 2. The maximum atomic E-state index is 12.6. The third-order valence-corrected chi connectivity index (χ3v) is 9.80. The average molecular weight is 593 g/mol. The van der Waals surface area contributed by atoms with Gasteiger partial charge in [-0.25, -0.2) is 4.79 Å². The van der Waals surface area contributed by atoms with Crippen molar-refractivity contribution in [2.24, 2.45) is 5.92 Å². The van der Waals surface area contributed by atoms with Crippen molar-refractivity contribution in [3.05, 3.63) is 33.8 Å². The Morgan fingerprint density at radius 2 is 1.58 bits per heavy atom. The van der Waals surface area contributed by atoms with Gasteiger partial charge in [0.15, 0.2) is 0 Å². The van der Waals surface area contributed by atoms with Gasteiger partial charge in [0.2, 0.25) is 0 Å². The van der Waals surface area contributed by atoms with Crippen LogP contribution in [-0.2, 0) is 29.9 Å². The van der Waals surface area contributed by atoms with E-state index in [-0.39, 0.29) is 24.2 Å². The number of ether oxygens (including phenoxy) is 1. The molecular weight excluding hydrogens is 550 g/mol. The van der Waals surface area contributed by atoms with Gasteiger partial charge in [0.05, 0.1) is 47.7 Å². The molecule has 11 heteroatoms. The molecule has 3 saturated heterocycles. The standard InChI is InChI=1S/C27H43B2BrN2O6/c1-17-13-21(30)12-11-20(17)14-31-23(33)32-15-22(16-32)34-19(3)18(2)27(10)26(8,9)37-29(38-27)28-35-24(4,5)25(6,7)36-28/h11-13,18-19,22H,14-16H2,1-10H3,(H,31,33). The van der Waals surface area contributed by atoms with Gasteiger partial charge in [0, 0.05) is 16.9 Å². The molecule has 0 saturated carbocycles. The minimum absolute atomic E-state index is 0.00757. The van der Waals surface area contributed by atoms with Crippen LogP contribution in [0.4, 0.5) is 4.79 Å². The van der Waals surface area contributed by atoms with Gasteiger partial charge in [0.25, 0.3) is 0 Å². The Morgan fingerprint density at radius 1 is 1.03 bits per heavy atom. The van der Waals surface area contributed by atoms with E-state index in [1.807, 2.05) is 60.6 Å². The van der Waals surface area contributed by atoms with Gasteiger partial charge in [-0.1, -0.05) is 28.9 Å². The second kappa shape index (κ2) is 10.4. The van der Waals surface area contributed by atoms with Crippen molar-refractivity contribution in [1.82, 2.24) is 10.2 Å². The fourth-order valence-electron chi connectivity index (χ4n) is 5.28. The van der Waals surface area contributed by atoms with Crippen molar-refractivity contribution in [2.45, 2.75) is 110 Å². The zero-order valence-corrected chi connectivity index (χ0v) is 26.1. The Morgan fingerprint density at radius 3 is 2.16 bits per heavy atom. The Kier molecular flexibility index (Phi) is 8.16. The van der Waals surface area contributed by atoms with Crippen LogP contribution in [0, 0.1) is 12.8 Å². The van der Waals surface area contributed by atoms with Gasteiger partial charge >= 0.3 is 20.0 Å². The summed E-state index contributed by atoms with van der Waals surface area (Å²) in [4.78, 5) is 14.4. The van der Waals surface area contributed by atoms with E-state index in [9.17, 15) is 4.79 Å². The Labute approximate surface area is 237 Å². The number of nitrogens with zero attached hydrogens (tertiary/aromatic N) is 1. The van der Waals surface area contributed by atoms with Gasteiger partial charge in [-0.05, 0) is 85.6 Å². The maximum absolute atomic E-state index is 12.6. The van der Waals surface area contributed by atoms with Gasteiger partial charge in [-0.2, -0.15) is 0 Å². The van der Waals surface area contributed by atoms with Crippen LogP contribution in [0.1, 0.15) is 73.4 Å². The zero-order valence-electron chi connectivity index (χ0n) is 24.5. The number of aryl methyl sites for hydroxylation is 1. The third-order valence-electron chi connectivity index (χ3n) is 9.31. The minimum atomic E-state index is -0.636. The first-order valence-corrected chi connectivity index (χ1v) is 14.4. The number of halogens is 1. The second-order valence-corrected chi connectivity index (χ2v) is 13.6. The zero-order chi connectivity index (χ0) is 28.3. The molecule has 1 aromatic rings. The number of likely N-dealkylation sites (tertiary alicyclic amines) is 1. The van der Waals surface area contributed by atoms with Gasteiger partial charge in [0.1, 0.15) is 0 Å². The summed E-state index contributed by atoms with van der Waals surface area (Å²) < 4.78 is 32.8. The van der Waals surface area contributed by atoms with E-state index in [4.69, 9.17) is 23.4 Å². The molecule has 3 heterocycles. The predicted octanol–water partition coefficient (Wildman–Crippen LogP) is 4.94. The monoisotopic (exact) mass is 592 g/mol. The Bertz CT molecular complexity index is 1030. The number of hydrogen-bond donors (Lipinski definition) is 1. The first-order chi connectivity index (χ1) is 17.5. The lowest BCUT2D eigenvalue weighted by Gasteiger charge is -2.46. The third kappa shape index (κ3) is 5.56. The van der Waals surface area contributed by atoms with E-state index < -0.39 is 36.4 Å². The highest BCUT2D eigenvalue weighted by Gasteiger charge is 2.66. The smallest absolute Gasteiger partial charge is 0.405 e. The first-order valence-electron chi connectivity index (χ1n) is 13.6. The molecule has 3 unspecified atom stereocenters. The van der Waals surface area contributed by atoms with Crippen LogP contribution >= 0.6 is 15.9 Å². The molecule has 2 amide bonds. The van der Waals surface area contributed by atoms with E-state index in [1.54, 1.807) is 4.90 Å². The quantitative estimate of drug-likeness (QED) is 0.452. The molecule has 3 fully saturated rings. The molecule has 0 spiro atoms. The van der Waals surface area contributed by atoms with E-state index in [0.717, 1.165) is 15.6 Å². The first kappa shape index (κ1) is 29.9. The van der Waals surface area contributed by atoms with Crippen molar-refractivity contribution in [2.75, 3.05) is 13.1 Å². The largest absolute Gasteiger partial charge is 0.489 e. The number of rotatable bonds is 7. The van der Waals surface area contributed by atoms with Crippen LogP contribution in [0.25, 0.3) is 0 Å². The number of benzene rings is 1. The summed E-state index contributed by atoms with van der Waals surface area (Å²) in [5, 5.41) is 3.02. The summed E-state index contributed by atoms with van der Waals surface area (Å²) in [7, 11) is -1.24. The normalized spacial score (nSPS) is 27.8. The van der Waals surface area contributed by atoms with Crippen molar-refractivity contribution < 1.29 is 28.1 Å². The highest BCUT2D eigenvalue weighted by atomic mass is 79.9. The van der Waals surface area contributed by atoms with Crippen molar-refractivity contribution in [3.8, 4) is 0 Å². The van der Waals surface area contributed by atoms with Gasteiger partial charge < -0.3 is 33.6 Å². The molecule has 3 aliphatic rings. The molecule has 0 bridgehead atoms. The highest BCUT2D eigenvalue weighted by Crippen LogP contribution is 2.47. The van der Waals surface area contributed by atoms with E-state index >= 15 is 0 Å². The van der Waals surface area contributed by atoms with Crippen LogP contribution < -0.4 is 5.32 Å². The molecular formula is C27H43B2BrN2O6. The number of hydrogen-bond acceptors (Lipinski definition) is 6. The predicted molar refractivity (Wildman–Crippen MR) is 153 cm³/mol. The van der Waals surface area contributed by atoms with Crippen molar-refractivity contribution >= 4 is 36.0 Å². The summed E-state index contributed by atoms with van der Waals surface area (Å²) in [6.07, 6.45) is -0.124. The molecule has 38 heavy (non-hydrogen) atoms. The van der Waals surface area contributed by atoms with Crippen LogP contribution in [0.2, 0.25) is 0 Å². The number of nitrogens with one attached hydrogen (secondary N) is 1. The van der Waals surface area contributed by atoms with E-state index in [1.165, 1.54) is 0 Å². The summed E-state index contributed by atoms with van der Waals surface area (Å²) >= 11 is 3.48. The van der Waals surface area contributed by atoms with Crippen LogP contribution in [0.3, 0.4) is 0 Å². The lowest BCUT2D eigenvalue weighted by molar-refractivity contribution is -0.139. The van der Waals surface area contributed by atoms with Crippen LogP contribution in [0.5, 0.6) is 0 Å².